The number of aromatic hydroxyl groups is 1. The molecule has 0 unspecified atom stereocenters. The number of fused-ring (bicyclic) bond motifs is 4. The zero-order valence-corrected chi connectivity index (χ0v) is 35.4. The first-order valence-corrected chi connectivity index (χ1v) is 22.4. The van der Waals surface area contributed by atoms with Crippen LogP contribution in [0.15, 0.2) is 59.6 Å². The van der Waals surface area contributed by atoms with Crippen LogP contribution in [0.1, 0.15) is 132 Å². The van der Waals surface area contributed by atoms with Gasteiger partial charge in [0.15, 0.2) is 5.82 Å². The molecule has 5 aliphatic rings. The number of β-amino-alcohol motifs (C(OH)–C–C–N with tert-alkyl or cyclic N) is 1. The van der Waals surface area contributed by atoms with Gasteiger partial charge in [-0.2, -0.15) is 0 Å². The minimum Gasteiger partial charge on any atom is -0.508 e. The predicted molar refractivity (Wildman–Crippen MR) is 230 cm³/mol. The minimum atomic E-state index is -0.703. The number of anilines is 1. The third-order valence-electron chi connectivity index (χ3n) is 14.6. The summed E-state index contributed by atoms with van der Waals surface area (Å²) in [7, 11) is 0. The summed E-state index contributed by atoms with van der Waals surface area (Å²) < 4.78 is 33.7. The molecule has 8 nitrogen and oxygen atoms in total. The summed E-state index contributed by atoms with van der Waals surface area (Å²) in [6, 6.07) is 17.1. The molecular weight excluding hydrogens is 763 g/mol. The van der Waals surface area contributed by atoms with Gasteiger partial charge in [-0.1, -0.05) is 18.2 Å². The Morgan fingerprint density at radius 3 is 2.31 bits per heavy atom. The van der Waals surface area contributed by atoms with E-state index in [1.807, 2.05) is 13.0 Å². The van der Waals surface area contributed by atoms with E-state index in [0.29, 0.717) is 13.0 Å². The Kier molecular flexibility index (Phi) is 9.60. The lowest BCUT2D eigenvalue weighted by Crippen LogP contribution is -2.60. The largest absolute Gasteiger partial charge is 0.508 e. The number of phenols is 1. The van der Waals surface area contributed by atoms with Crippen LogP contribution in [0.4, 0.5) is 14.5 Å². The number of thiophene rings is 1. The Hall–Kier alpha value is -4.45. The molecule has 3 aliphatic heterocycles. The molecule has 3 fully saturated rings. The molecule has 2 aromatic heterocycles. The number of rotatable bonds is 6. The van der Waals surface area contributed by atoms with E-state index in [0.717, 1.165) is 122 Å². The molecule has 59 heavy (non-hydrogen) atoms. The number of hydrogen-bond acceptors (Lipinski definition) is 8. The molecule has 2 aliphatic carbocycles. The van der Waals surface area contributed by atoms with Gasteiger partial charge in [0.05, 0.1) is 11.3 Å². The number of aliphatic hydroxyl groups is 1. The van der Waals surface area contributed by atoms with Crippen LogP contribution in [0.25, 0.3) is 5.00 Å². The summed E-state index contributed by atoms with van der Waals surface area (Å²) in [5.41, 5.74) is 8.13. The number of aryl methyl sites for hydroxylation is 3. The summed E-state index contributed by atoms with van der Waals surface area (Å²) in [5, 5.41) is 31.8. The summed E-state index contributed by atoms with van der Waals surface area (Å²) >= 11 is 1.78. The average Bonchev–Trinajstić information content (AvgIpc) is 3.69. The van der Waals surface area contributed by atoms with Gasteiger partial charge in [0, 0.05) is 58.2 Å². The lowest BCUT2D eigenvalue weighted by Gasteiger charge is -2.56. The molecule has 11 heteroatoms. The molecule has 0 bridgehead atoms. The van der Waals surface area contributed by atoms with Gasteiger partial charge in [-0.3, -0.25) is 9.56 Å². The average molecular weight is 817 g/mol. The highest BCUT2D eigenvalue weighted by molar-refractivity contribution is 7.15. The number of nitrogens with zero attached hydrogens (tertiary/aromatic N) is 6. The minimum absolute atomic E-state index is 0.0937. The highest BCUT2D eigenvalue weighted by atomic mass is 32.1. The van der Waals surface area contributed by atoms with E-state index in [1.54, 1.807) is 35.6 Å². The van der Waals surface area contributed by atoms with Gasteiger partial charge < -0.3 is 20.0 Å². The van der Waals surface area contributed by atoms with Crippen molar-refractivity contribution in [1.82, 2.24) is 19.7 Å². The number of aromatic nitrogens is 3. The van der Waals surface area contributed by atoms with Crippen LogP contribution >= 0.6 is 11.3 Å². The molecule has 0 amide bonds. The van der Waals surface area contributed by atoms with Crippen molar-refractivity contribution in [1.29, 1.82) is 0 Å². The maximum absolute atomic E-state index is 15.7. The fourth-order valence-corrected chi connectivity index (χ4v) is 12.3. The topological polar surface area (TPSA) is 90.0 Å². The lowest BCUT2D eigenvalue weighted by atomic mass is 9.64. The fourth-order valence-electron chi connectivity index (χ4n) is 11.1. The number of likely N-dealkylation sites (tertiary alicyclic amines) is 1. The van der Waals surface area contributed by atoms with Gasteiger partial charge in [-0.25, -0.2) is 8.78 Å². The van der Waals surface area contributed by atoms with E-state index in [9.17, 15) is 10.2 Å². The molecular formula is C48H54F2N6O2S. The van der Waals surface area contributed by atoms with Crippen molar-refractivity contribution in [3.8, 4) is 10.8 Å². The maximum Gasteiger partial charge on any atom is 0.162 e. The number of benzene rings is 3. The zero-order chi connectivity index (χ0) is 40.8. The van der Waals surface area contributed by atoms with Crippen LogP contribution in [0.3, 0.4) is 0 Å². The van der Waals surface area contributed by atoms with Gasteiger partial charge in [0.2, 0.25) is 0 Å². The van der Waals surface area contributed by atoms with E-state index in [2.05, 4.69) is 69.6 Å². The molecule has 5 heterocycles. The van der Waals surface area contributed by atoms with Crippen molar-refractivity contribution in [3.05, 3.63) is 122 Å². The lowest BCUT2D eigenvalue weighted by molar-refractivity contribution is -0.0649. The van der Waals surface area contributed by atoms with E-state index >= 15 is 8.78 Å². The van der Waals surface area contributed by atoms with Gasteiger partial charge in [-0.05, 0) is 163 Å². The van der Waals surface area contributed by atoms with E-state index < -0.39 is 17.2 Å². The third-order valence-corrected chi connectivity index (χ3v) is 15.8. The molecule has 308 valence electrons. The Bertz CT molecular complexity index is 2430. The molecule has 2 saturated heterocycles. The smallest absolute Gasteiger partial charge is 0.162 e. The van der Waals surface area contributed by atoms with Crippen molar-refractivity contribution in [2.24, 2.45) is 10.4 Å². The Morgan fingerprint density at radius 1 is 0.881 bits per heavy atom. The van der Waals surface area contributed by atoms with Gasteiger partial charge in [0.1, 0.15) is 34.3 Å². The molecule has 3 aromatic carbocycles. The Morgan fingerprint density at radius 2 is 1.59 bits per heavy atom. The first-order valence-electron chi connectivity index (χ1n) is 21.6. The normalized spacial score (nSPS) is 22.6. The summed E-state index contributed by atoms with van der Waals surface area (Å²) in [5.74, 6) is 0.789. The van der Waals surface area contributed by atoms with Gasteiger partial charge in [0.25, 0.3) is 0 Å². The Labute approximate surface area is 349 Å². The predicted octanol–water partition coefficient (Wildman–Crippen LogP) is 9.61. The molecule has 2 N–H and O–H groups in total. The van der Waals surface area contributed by atoms with Crippen molar-refractivity contribution in [3.63, 3.8) is 0 Å². The van der Waals surface area contributed by atoms with Crippen LogP contribution in [-0.2, 0) is 6.42 Å². The van der Waals surface area contributed by atoms with Crippen LogP contribution in [0.5, 0.6) is 5.75 Å². The number of halogens is 2. The molecule has 0 radical (unpaired) electrons. The van der Waals surface area contributed by atoms with Gasteiger partial charge >= 0.3 is 0 Å². The second kappa shape index (κ2) is 14.6. The van der Waals surface area contributed by atoms with E-state index in [1.165, 1.54) is 21.7 Å². The summed E-state index contributed by atoms with van der Waals surface area (Å²) in [4.78, 5) is 11.3. The van der Waals surface area contributed by atoms with Crippen molar-refractivity contribution in [2.45, 2.75) is 109 Å². The molecule has 1 spiro atoms. The highest BCUT2D eigenvalue weighted by Crippen LogP contribution is 2.49. The number of piperidine rings is 1. The quantitative estimate of drug-likeness (QED) is 0.178. The number of hydrogen-bond donors (Lipinski definition) is 2. The van der Waals surface area contributed by atoms with Crippen LogP contribution in [0.2, 0.25) is 0 Å². The monoisotopic (exact) mass is 816 g/mol. The second-order valence-corrected chi connectivity index (χ2v) is 19.7. The standard InChI is InChI=1S/C48H54F2N6O2S/c1-28-30(3)59-46-42(28)44(51-29(2)45-53-52-31(4)56(45)46)33-8-10-36(11-9-33)55-25-47(26-55)16-18-48(58,19-17-47)27-54-20-14-32(15-21-54)35-23-40(49)43(41(50)24-35)39-7-5-6-34-22-37(57)12-13-38(34)39/h8-13,22-24,29,32,39,57-58H,5-7,14-21,25-27H2,1-4H3/t29-,39+/m0/s1. The molecule has 10 rings (SSSR count). The van der Waals surface area contributed by atoms with Crippen molar-refractivity contribution < 1.29 is 19.0 Å². The highest BCUT2D eigenvalue weighted by Gasteiger charge is 2.49. The first-order chi connectivity index (χ1) is 28.4. The first kappa shape index (κ1) is 38.7. The van der Waals surface area contributed by atoms with Crippen LogP contribution in [0, 0.1) is 37.8 Å². The Balaban J connectivity index is 0.737. The molecule has 5 aromatic rings. The van der Waals surface area contributed by atoms with Crippen LogP contribution < -0.4 is 4.90 Å². The SMILES string of the molecule is Cc1sc2c(c1C)C(c1ccc(N3CC4(CCC(O)(CN5CCC(c6cc(F)c([C@@H]7CCCc8cc(O)ccc87)c(F)c6)CC5)CC4)C3)cc1)=N[C@@H](C)c1nnc(C)n1-2. The molecule has 1 saturated carbocycles. The second-order valence-electron chi connectivity index (χ2n) is 18.5. The van der Waals surface area contributed by atoms with Crippen molar-refractivity contribution in [2.75, 3.05) is 37.6 Å². The molecule has 2 atom stereocenters. The number of aliphatic imine (C=N–C) groups is 1. The summed E-state index contributed by atoms with van der Waals surface area (Å²) in [6.45, 7) is 12.8. The van der Waals surface area contributed by atoms with Gasteiger partial charge in [-0.15, -0.1) is 21.5 Å². The number of phenolic OH excluding ortho intramolecular Hbond substituents is 1. The fraction of sp³-hybridized carbons (Fsp3) is 0.479. The zero-order valence-electron chi connectivity index (χ0n) is 34.6. The third kappa shape index (κ3) is 6.81. The van der Waals surface area contributed by atoms with E-state index in [-0.39, 0.29) is 34.6 Å². The maximum atomic E-state index is 15.7. The van der Waals surface area contributed by atoms with Crippen LogP contribution in [-0.4, -0.2) is 73.9 Å². The van der Waals surface area contributed by atoms with E-state index in [4.69, 9.17) is 4.99 Å². The summed E-state index contributed by atoms with van der Waals surface area (Å²) in [6.07, 6.45) is 7.61. The van der Waals surface area contributed by atoms with Crippen molar-refractivity contribution >= 4 is 22.7 Å².